The van der Waals surface area contributed by atoms with E-state index in [1.165, 1.54) is 103 Å². The molecule has 0 aliphatic rings. The topological polar surface area (TPSA) is 102 Å². The number of esters is 2. The van der Waals surface area contributed by atoms with E-state index >= 15 is 0 Å². The van der Waals surface area contributed by atoms with Crippen molar-refractivity contribution in [3.05, 3.63) is 12.2 Å². The largest absolute Gasteiger partial charge is 0.544 e. The van der Waals surface area contributed by atoms with E-state index in [1.807, 2.05) is 0 Å². The smallest absolute Gasteiger partial charge is 0.306 e. The SMILES string of the molecule is CCCCCCCC/C=C/CCCCCC(=O)OC(COCCC(C(=O)[O-])[N+](C)(C)C)COC(=O)CCCCCCCCCCCCCCC. The fourth-order valence-electron chi connectivity index (χ4n) is 6.12. The Labute approximate surface area is 308 Å². The summed E-state index contributed by atoms with van der Waals surface area (Å²) in [6.07, 6.45) is 33.7. The number of aliphatic carboxylic acids is 1. The molecule has 0 aliphatic carbocycles. The maximum absolute atomic E-state index is 12.6. The van der Waals surface area contributed by atoms with Crippen molar-refractivity contribution in [1.29, 1.82) is 0 Å². The van der Waals surface area contributed by atoms with Gasteiger partial charge in [-0.3, -0.25) is 9.59 Å². The molecule has 0 aromatic heterocycles. The van der Waals surface area contributed by atoms with Crippen LogP contribution in [0.15, 0.2) is 12.2 Å². The first-order valence-corrected chi connectivity index (χ1v) is 20.7. The lowest BCUT2D eigenvalue weighted by molar-refractivity contribution is -0.889. The Morgan fingerprint density at radius 3 is 1.46 bits per heavy atom. The first-order valence-electron chi connectivity index (χ1n) is 20.7. The van der Waals surface area contributed by atoms with Gasteiger partial charge in [0.2, 0.25) is 0 Å². The molecule has 0 spiro atoms. The molecule has 0 amide bonds. The van der Waals surface area contributed by atoms with Gasteiger partial charge in [0, 0.05) is 19.3 Å². The predicted octanol–water partition coefficient (Wildman–Crippen LogP) is 9.41. The van der Waals surface area contributed by atoms with Crippen molar-refractivity contribution < 1.29 is 38.2 Å². The van der Waals surface area contributed by atoms with Crippen LogP contribution in [0.2, 0.25) is 0 Å². The number of quaternary nitrogens is 1. The highest BCUT2D eigenvalue weighted by molar-refractivity contribution is 5.70. The third kappa shape index (κ3) is 32.0. The average Bonchev–Trinajstić information content (AvgIpc) is 3.06. The third-order valence-electron chi connectivity index (χ3n) is 9.40. The molecule has 2 atom stereocenters. The molecule has 0 aromatic rings. The number of hydrogen-bond acceptors (Lipinski definition) is 7. The zero-order valence-corrected chi connectivity index (χ0v) is 33.3. The van der Waals surface area contributed by atoms with E-state index in [0.717, 1.165) is 51.4 Å². The molecule has 2 unspecified atom stereocenters. The van der Waals surface area contributed by atoms with Crippen LogP contribution in [0.4, 0.5) is 0 Å². The molecule has 8 nitrogen and oxygen atoms in total. The second kappa shape index (κ2) is 34.2. The van der Waals surface area contributed by atoms with Gasteiger partial charge in [0.15, 0.2) is 6.10 Å². The Balaban J connectivity index is 4.39. The van der Waals surface area contributed by atoms with E-state index in [1.54, 1.807) is 21.1 Å². The minimum absolute atomic E-state index is 0.0398. The van der Waals surface area contributed by atoms with Crippen molar-refractivity contribution >= 4 is 17.9 Å². The number of unbranched alkanes of at least 4 members (excludes halogenated alkanes) is 21. The maximum Gasteiger partial charge on any atom is 0.306 e. The van der Waals surface area contributed by atoms with Crippen LogP contribution in [0.25, 0.3) is 0 Å². The molecule has 50 heavy (non-hydrogen) atoms. The van der Waals surface area contributed by atoms with Crippen LogP contribution >= 0.6 is 0 Å². The van der Waals surface area contributed by atoms with Gasteiger partial charge >= 0.3 is 11.9 Å². The Kier molecular flexibility index (Phi) is 32.9. The summed E-state index contributed by atoms with van der Waals surface area (Å²) in [5, 5.41) is 11.6. The number of nitrogens with zero attached hydrogens (tertiary/aromatic N) is 1. The fourth-order valence-corrected chi connectivity index (χ4v) is 6.12. The lowest BCUT2D eigenvalue weighted by Gasteiger charge is -2.34. The number of hydrogen-bond donors (Lipinski definition) is 0. The van der Waals surface area contributed by atoms with Crippen LogP contribution in [0.3, 0.4) is 0 Å². The molecule has 8 heteroatoms. The second-order valence-corrected chi connectivity index (χ2v) is 15.2. The van der Waals surface area contributed by atoms with Gasteiger partial charge in [0.25, 0.3) is 0 Å². The number of carbonyl (C=O) groups is 3. The van der Waals surface area contributed by atoms with Crippen LogP contribution in [-0.4, -0.2) is 75.5 Å². The highest BCUT2D eigenvalue weighted by atomic mass is 16.6. The van der Waals surface area contributed by atoms with Crippen molar-refractivity contribution in [2.75, 3.05) is 41.0 Å². The Morgan fingerprint density at radius 1 is 0.580 bits per heavy atom. The molecule has 0 rings (SSSR count). The van der Waals surface area contributed by atoms with Gasteiger partial charge in [0.1, 0.15) is 12.6 Å². The summed E-state index contributed by atoms with van der Waals surface area (Å²) in [5.74, 6) is -1.75. The molecule has 0 saturated heterocycles. The van der Waals surface area contributed by atoms with Gasteiger partial charge in [-0.25, -0.2) is 0 Å². The standard InChI is InChI=1S/C42H79NO7/c1-6-8-10-12-14-16-18-20-22-24-26-28-30-32-40(44)49-37-38(36-48-35-34-39(42(46)47)43(3,4)5)50-41(45)33-31-29-27-25-23-21-19-17-15-13-11-9-7-2/h21,23,38-39H,6-20,22,24-37H2,1-5H3/b23-21+. The molecule has 0 radical (unpaired) electrons. The number of carbonyl (C=O) groups excluding carboxylic acids is 3. The number of carboxylic acid groups (broad SMARTS) is 1. The normalized spacial score (nSPS) is 13.1. The quantitative estimate of drug-likeness (QED) is 0.0274. The third-order valence-corrected chi connectivity index (χ3v) is 9.40. The Hall–Kier alpha value is -1.93. The minimum atomic E-state index is -1.13. The van der Waals surface area contributed by atoms with Crippen molar-refractivity contribution in [1.82, 2.24) is 0 Å². The fraction of sp³-hybridized carbons (Fsp3) is 0.881. The van der Waals surface area contributed by atoms with Crippen molar-refractivity contribution in [3.63, 3.8) is 0 Å². The summed E-state index contributed by atoms with van der Waals surface area (Å²) >= 11 is 0. The summed E-state index contributed by atoms with van der Waals surface area (Å²) in [5.41, 5.74) is 0. The van der Waals surface area contributed by atoms with Gasteiger partial charge in [0.05, 0.1) is 40.3 Å². The van der Waals surface area contributed by atoms with Crippen LogP contribution in [-0.2, 0) is 28.6 Å². The van der Waals surface area contributed by atoms with Gasteiger partial charge < -0.3 is 28.6 Å². The highest BCUT2D eigenvalue weighted by Gasteiger charge is 2.25. The van der Waals surface area contributed by atoms with Crippen LogP contribution in [0, 0.1) is 0 Å². The summed E-state index contributed by atoms with van der Waals surface area (Å²) in [7, 11) is 5.40. The molecule has 0 aliphatic heterocycles. The summed E-state index contributed by atoms with van der Waals surface area (Å²) in [6, 6.07) is -0.723. The van der Waals surface area contributed by atoms with Crippen LogP contribution in [0.1, 0.15) is 187 Å². The average molecular weight is 710 g/mol. The number of carboxylic acids is 1. The highest BCUT2D eigenvalue weighted by Crippen LogP contribution is 2.14. The lowest BCUT2D eigenvalue weighted by Crippen LogP contribution is -2.55. The van der Waals surface area contributed by atoms with Gasteiger partial charge in [-0.1, -0.05) is 142 Å². The second-order valence-electron chi connectivity index (χ2n) is 15.2. The number of ether oxygens (including phenoxy) is 3. The van der Waals surface area contributed by atoms with Crippen molar-refractivity contribution in [2.24, 2.45) is 0 Å². The maximum atomic E-state index is 12.6. The van der Waals surface area contributed by atoms with Crippen LogP contribution in [0.5, 0.6) is 0 Å². The Morgan fingerprint density at radius 2 is 1.00 bits per heavy atom. The molecular weight excluding hydrogens is 630 g/mol. The van der Waals surface area contributed by atoms with Gasteiger partial charge in [-0.2, -0.15) is 0 Å². The summed E-state index contributed by atoms with van der Waals surface area (Å²) in [6.45, 7) is 4.64. The van der Waals surface area contributed by atoms with Crippen molar-refractivity contribution in [2.45, 2.75) is 199 Å². The molecule has 294 valence electrons. The molecule has 0 heterocycles. The zero-order valence-electron chi connectivity index (χ0n) is 33.3. The molecule has 0 bridgehead atoms. The van der Waals surface area contributed by atoms with Gasteiger partial charge in [-0.05, 0) is 38.5 Å². The number of allylic oxidation sites excluding steroid dienone is 2. The first-order chi connectivity index (χ1) is 24.1. The lowest BCUT2D eigenvalue weighted by atomic mass is 10.0. The van der Waals surface area contributed by atoms with E-state index in [2.05, 4.69) is 26.0 Å². The molecule has 0 fully saturated rings. The number of rotatable bonds is 37. The molecule has 0 N–H and O–H groups in total. The molecular formula is C42H79NO7. The zero-order chi connectivity index (χ0) is 37.1. The van der Waals surface area contributed by atoms with Gasteiger partial charge in [-0.15, -0.1) is 0 Å². The van der Waals surface area contributed by atoms with E-state index < -0.39 is 18.1 Å². The monoisotopic (exact) mass is 710 g/mol. The summed E-state index contributed by atoms with van der Waals surface area (Å²) in [4.78, 5) is 36.7. The number of likely N-dealkylation sites (N-methyl/N-ethyl adjacent to an activating group) is 1. The van der Waals surface area contributed by atoms with E-state index in [0.29, 0.717) is 12.8 Å². The Bertz CT molecular complexity index is 838. The van der Waals surface area contributed by atoms with Crippen molar-refractivity contribution in [3.8, 4) is 0 Å². The predicted molar refractivity (Wildman–Crippen MR) is 204 cm³/mol. The molecule has 0 saturated carbocycles. The van der Waals surface area contributed by atoms with E-state index in [4.69, 9.17) is 14.2 Å². The summed E-state index contributed by atoms with van der Waals surface area (Å²) < 4.78 is 17.1. The minimum Gasteiger partial charge on any atom is -0.544 e. The van der Waals surface area contributed by atoms with E-state index in [9.17, 15) is 19.5 Å². The molecule has 0 aromatic carbocycles. The van der Waals surface area contributed by atoms with E-state index in [-0.39, 0.29) is 42.7 Å². The first kappa shape index (κ1) is 48.1. The van der Waals surface area contributed by atoms with Crippen LogP contribution < -0.4 is 5.11 Å².